The normalized spacial score (nSPS) is 20.0. The van der Waals surface area contributed by atoms with E-state index in [1.807, 2.05) is 6.92 Å². The molecule has 4 rings (SSSR count). The van der Waals surface area contributed by atoms with Crippen LogP contribution in [0, 0.1) is 0 Å². The van der Waals surface area contributed by atoms with E-state index in [0.29, 0.717) is 27.7 Å². The van der Waals surface area contributed by atoms with Crippen LogP contribution in [0.1, 0.15) is 37.4 Å². The van der Waals surface area contributed by atoms with E-state index in [1.54, 1.807) is 0 Å². The Morgan fingerprint density at radius 3 is 2.53 bits per heavy atom. The van der Waals surface area contributed by atoms with Gasteiger partial charge in [-0.25, -0.2) is 18.7 Å². The van der Waals surface area contributed by atoms with Crippen molar-refractivity contribution in [3.05, 3.63) is 41.9 Å². The molecule has 1 aliphatic carbocycles. The fraction of sp³-hybridized carbons (Fsp3) is 0.500. The van der Waals surface area contributed by atoms with E-state index in [9.17, 15) is 30.7 Å². The molecule has 1 atom stereocenters. The Labute approximate surface area is 201 Å². The van der Waals surface area contributed by atoms with E-state index in [-0.39, 0.29) is 28.8 Å². The highest BCUT2D eigenvalue weighted by Crippen LogP contribution is 2.49. The maximum Gasteiger partial charge on any atom is 0.453 e. The molecular weight excluding hydrogens is 495 g/mol. The zero-order valence-electron chi connectivity index (χ0n) is 19.2. The Morgan fingerprint density at radius 2 is 1.94 bits per heavy atom. The number of nitrogens with one attached hydrogen (secondary N) is 2. The van der Waals surface area contributed by atoms with Crippen LogP contribution in [0.2, 0.25) is 0 Å². The predicted molar refractivity (Wildman–Crippen MR) is 118 cm³/mol. The number of rotatable bonds is 9. The number of nitrogens with two attached hydrogens (primary N) is 1. The van der Waals surface area contributed by atoms with Gasteiger partial charge in [0.05, 0.1) is 17.4 Å². The lowest BCUT2D eigenvalue weighted by Crippen LogP contribution is -2.37. The summed E-state index contributed by atoms with van der Waals surface area (Å²) in [5.74, 6) is -4.83. The molecule has 36 heavy (non-hydrogen) atoms. The molecule has 7 nitrogen and oxygen atoms in total. The second-order valence-electron chi connectivity index (χ2n) is 9.07. The van der Waals surface area contributed by atoms with Crippen molar-refractivity contribution in [3.63, 3.8) is 0 Å². The zero-order valence-corrected chi connectivity index (χ0v) is 19.2. The lowest BCUT2D eigenvalue weighted by Gasteiger charge is -2.29. The van der Waals surface area contributed by atoms with Gasteiger partial charge in [-0.1, -0.05) is 13.2 Å². The number of nitrogen functional groups attached to an aromatic ring is 1. The molecule has 1 aliphatic heterocycles. The van der Waals surface area contributed by atoms with Crippen molar-refractivity contribution in [1.29, 1.82) is 0 Å². The Hall–Kier alpha value is -3.32. The maximum atomic E-state index is 13.4. The summed E-state index contributed by atoms with van der Waals surface area (Å²) in [5, 5.41) is 10.3. The van der Waals surface area contributed by atoms with Gasteiger partial charge in [0.1, 0.15) is 17.3 Å². The van der Waals surface area contributed by atoms with Crippen LogP contribution >= 0.6 is 0 Å². The number of nitrogens with zero attached hydrogens (tertiary/aromatic N) is 4. The van der Waals surface area contributed by atoms with Gasteiger partial charge in [-0.05, 0) is 25.8 Å². The summed E-state index contributed by atoms with van der Waals surface area (Å²) in [4.78, 5) is 8.59. The standard InChI is InChI=1S/C22H24F7N7/c1-10(31-12-4-5-12)20(3)11(2)32-19-16(20)17(30)33-18(34-19)14-8-13(9-15(23)24)36(35-14)7-6-21(25,26)22(27,28)29/h8,12,15,31H,1-2,4-7,9H2,3H3,(H3,30,32,33,34). The highest BCUT2D eigenvalue weighted by Gasteiger charge is 2.56. The van der Waals surface area contributed by atoms with Crippen LogP contribution in [-0.4, -0.2) is 44.3 Å². The first-order valence-corrected chi connectivity index (χ1v) is 11.0. The number of aromatic nitrogens is 4. The van der Waals surface area contributed by atoms with Crippen LogP contribution in [0.3, 0.4) is 0 Å². The van der Waals surface area contributed by atoms with Crippen LogP contribution in [0.15, 0.2) is 30.6 Å². The van der Waals surface area contributed by atoms with Crippen molar-refractivity contribution < 1.29 is 30.7 Å². The molecule has 3 heterocycles. The second-order valence-corrected chi connectivity index (χ2v) is 9.07. The van der Waals surface area contributed by atoms with E-state index < -0.39 is 43.3 Å². The molecule has 1 unspecified atom stereocenters. The monoisotopic (exact) mass is 519 g/mol. The topological polar surface area (TPSA) is 93.7 Å². The SMILES string of the molecule is C=C1Nc2nc(-c3cc(CC(F)F)n(CCC(F)(F)C(F)(F)F)n3)nc(N)c2C1(C)C(=C)NC1CC1. The van der Waals surface area contributed by atoms with Gasteiger partial charge < -0.3 is 16.4 Å². The third kappa shape index (κ3) is 4.60. The lowest BCUT2D eigenvalue weighted by atomic mass is 9.80. The molecule has 0 radical (unpaired) electrons. The molecule has 1 fully saturated rings. The quantitative estimate of drug-likeness (QED) is 0.413. The number of anilines is 2. The Kier molecular flexibility index (Phi) is 6.20. The number of aryl methyl sites for hydroxylation is 1. The summed E-state index contributed by atoms with van der Waals surface area (Å²) in [6, 6.07) is 1.42. The minimum atomic E-state index is -5.78. The van der Waals surface area contributed by atoms with Gasteiger partial charge in [0.25, 0.3) is 0 Å². The zero-order chi connectivity index (χ0) is 26.6. The molecule has 2 aliphatic rings. The van der Waals surface area contributed by atoms with Gasteiger partial charge in [0.2, 0.25) is 6.43 Å². The number of hydrogen-bond acceptors (Lipinski definition) is 6. The summed E-state index contributed by atoms with van der Waals surface area (Å²) in [6.45, 7) is 9.02. The second kappa shape index (κ2) is 8.66. The smallest absolute Gasteiger partial charge is 0.385 e. The van der Waals surface area contributed by atoms with Gasteiger partial charge in [0, 0.05) is 36.1 Å². The van der Waals surface area contributed by atoms with E-state index >= 15 is 0 Å². The molecule has 2 aromatic heterocycles. The van der Waals surface area contributed by atoms with E-state index in [1.165, 1.54) is 0 Å². The third-order valence-electron chi connectivity index (χ3n) is 6.38. The molecule has 2 aromatic rings. The molecule has 1 saturated carbocycles. The minimum Gasteiger partial charge on any atom is -0.385 e. The molecular formula is C22H24F7N7. The third-order valence-corrected chi connectivity index (χ3v) is 6.38. The van der Waals surface area contributed by atoms with Crippen LogP contribution in [0.25, 0.3) is 11.5 Å². The van der Waals surface area contributed by atoms with Gasteiger partial charge in [-0.2, -0.15) is 27.1 Å². The number of fused-ring (bicyclic) bond motifs is 1. The highest BCUT2D eigenvalue weighted by molar-refractivity contribution is 5.75. The first-order valence-electron chi connectivity index (χ1n) is 11.0. The maximum absolute atomic E-state index is 13.4. The number of alkyl halides is 7. The van der Waals surface area contributed by atoms with Gasteiger partial charge in [-0.3, -0.25) is 4.68 Å². The molecule has 0 bridgehead atoms. The van der Waals surface area contributed by atoms with Gasteiger partial charge >= 0.3 is 12.1 Å². The summed E-state index contributed by atoms with van der Waals surface area (Å²) in [6.07, 6.45) is -9.24. The van der Waals surface area contributed by atoms with Crippen LogP contribution in [0.4, 0.5) is 42.4 Å². The van der Waals surface area contributed by atoms with Gasteiger partial charge in [0.15, 0.2) is 5.82 Å². The van der Waals surface area contributed by atoms with E-state index in [2.05, 4.69) is 38.9 Å². The Balaban J connectivity index is 1.67. The fourth-order valence-electron chi connectivity index (χ4n) is 4.02. The highest BCUT2D eigenvalue weighted by atomic mass is 19.4. The summed E-state index contributed by atoms with van der Waals surface area (Å²) in [7, 11) is 0. The molecule has 14 heteroatoms. The van der Waals surface area contributed by atoms with Gasteiger partial charge in [-0.15, -0.1) is 0 Å². The van der Waals surface area contributed by atoms with Crippen molar-refractivity contribution in [1.82, 2.24) is 25.1 Å². The number of hydrogen-bond donors (Lipinski definition) is 3. The van der Waals surface area contributed by atoms with Crippen LogP contribution in [0.5, 0.6) is 0 Å². The minimum absolute atomic E-state index is 0.0240. The van der Waals surface area contributed by atoms with Crippen molar-refractivity contribution in [2.75, 3.05) is 11.1 Å². The van der Waals surface area contributed by atoms with E-state index in [4.69, 9.17) is 5.73 Å². The first-order chi connectivity index (χ1) is 16.6. The fourth-order valence-corrected chi connectivity index (χ4v) is 4.02. The van der Waals surface area contributed by atoms with Crippen molar-refractivity contribution in [2.45, 2.75) is 69.1 Å². The lowest BCUT2D eigenvalue weighted by molar-refractivity contribution is -0.285. The average Bonchev–Trinajstić information content (AvgIpc) is 3.41. The largest absolute Gasteiger partial charge is 0.453 e. The first kappa shape index (κ1) is 25.8. The number of halogens is 7. The molecule has 0 amide bonds. The summed E-state index contributed by atoms with van der Waals surface area (Å²) in [5.41, 5.74) is 6.68. The van der Waals surface area contributed by atoms with Crippen LogP contribution < -0.4 is 16.4 Å². The van der Waals surface area contributed by atoms with Crippen molar-refractivity contribution in [2.24, 2.45) is 0 Å². The molecule has 0 aromatic carbocycles. The molecule has 0 saturated heterocycles. The Bertz CT molecular complexity index is 1200. The molecule has 4 N–H and O–H groups in total. The van der Waals surface area contributed by atoms with Crippen molar-refractivity contribution in [3.8, 4) is 11.5 Å². The summed E-state index contributed by atoms with van der Waals surface area (Å²) >= 11 is 0. The predicted octanol–water partition coefficient (Wildman–Crippen LogP) is 4.78. The molecule has 196 valence electrons. The average molecular weight is 519 g/mol. The van der Waals surface area contributed by atoms with Crippen LogP contribution in [-0.2, 0) is 18.4 Å². The molecule has 0 spiro atoms. The Morgan fingerprint density at radius 1 is 1.28 bits per heavy atom. The van der Waals surface area contributed by atoms with E-state index in [0.717, 1.165) is 18.9 Å². The summed E-state index contributed by atoms with van der Waals surface area (Å²) < 4.78 is 91.3. The van der Waals surface area contributed by atoms with Crippen molar-refractivity contribution >= 4 is 11.6 Å².